The second-order valence-corrected chi connectivity index (χ2v) is 8.44. The van der Waals surface area contributed by atoms with Gasteiger partial charge in [0.05, 0.1) is 0 Å². The van der Waals surface area contributed by atoms with Gasteiger partial charge in [0.2, 0.25) is 0 Å². The molecule has 0 unspecified atom stereocenters. The van der Waals surface area contributed by atoms with Gasteiger partial charge in [-0.2, -0.15) is 0 Å². The van der Waals surface area contributed by atoms with Crippen molar-refractivity contribution >= 4 is 46.3 Å². The first-order chi connectivity index (χ1) is 12.5. The Morgan fingerprint density at radius 1 is 0.769 bits per heavy atom. The Balaban J connectivity index is 1.97. The summed E-state index contributed by atoms with van der Waals surface area (Å²) in [6.07, 6.45) is 0. The number of hydrogen-bond acceptors (Lipinski definition) is 6. The zero-order valence-electron chi connectivity index (χ0n) is 16.2. The first kappa shape index (κ1) is 20.6. The van der Waals surface area contributed by atoms with Crippen LogP contribution in [0.25, 0.3) is 0 Å². The lowest BCUT2D eigenvalue weighted by Gasteiger charge is -2.22. The molecular weight excluding hydrogens is 360 g/mol. The van der Waals surface area contributed by atoms with Crippen LogP contribution in [0.15, 0.2) is 46.2 Å². The summed E-state index contributed by atoms with van der Waals surface area (Å²) in [5.74, 6) is 0. The lowest BCUT2D eigenvalue weighted by Crippen LogP contribution is -2.21. The van der Waals surface area contributed by atoms with E-state index in [1.807, 2.05) is 6.07 Å². The maximum atomic E-state index is 6.26. The first-order valence-corrected chi connectivity index (χ1v) is 11.0. The number of nitrogens with two attached hydrogens (primary N) is 2. The van der Waals surface area contributed by atoms with Gasteiger partial charge in [0.1, 0.15) is 0 Å². The van der Waals surface area contributed by atoms with Gasteiger partial charge in [0, 0.05) is 64.3 Å². The summed E-state index contributed by atoms with van der Waals surface area (Å²) in [5, 5.41) is 0.877. The number of nitrogen functional groups attached to an aromatic ring is 2. The van der Waals surface area contributed by atoms with Crippen molar-refractivity contribution in [1.29, 1.82) is 0 Å². The molecule has 0 aliphatic carbocycles. The van der Waals surface area contributed by atoms with E-state index >= 15 is 0 Å². The number of rotatable bonds is 9. The number of anilines is 4. The molecule has 0 bridgehead atoms. The molecule has 4 nitrogen and oxygen atoms in total. The molecule has 0 spiro atoms. The third-order valence-electron chi connectivity index (χ3n) is 4.46. The molecule has 0 aromatic heterocycles. The summed E-state index contributed by atoms with van der Waals surface area (Å²) >= 11 is 3.51. The number of thioether (sulfide) groups is 2. The van der Waals surface area contributed by atoms with E-state index in [4.69, 9.17) is 11.5 Å². The average Bonchev–Trinajstić information content (AvgIpc) is 2.65. The second-order valence-electron chi connectivity index (χ2n) is 6.04. The molecule has 2 aromatic carbocycles. The summed E-state index contributed by atoms with van der Waals surface area (Å²) < 4.78 is 0. The SMILES string of the molecule is CCN(C)c1ccc(SCSc2ccc(N(CC)CC)cc2N)c(N)c1. The van der Waals surface area contributed by atoms with Crippen molar-refractivity contribution in [3.63, 3.8) is 0 Å². The van der Waals surface area contributed by atoms with Gasteiger partial charge in [0.15, 0.2) is 0 Å². The molecule has 26 heavy (non-hydrogen) atoms. The second kappa shape index (κ2) is 9.88. The minimum absolute atomic E-state index is 0.832. The van der Waals surface area contributed by atoms with Crippen molar-refractivity contribution in [3.8, 4) is 0 Å². The van der Waals surface area contributed by atoms with Crippen molar-refractivity contribution in [3.05, 3.63) is 36.4 Å². The Morgan fingerprint density at radius 3 is 1.73 bits per heavy atom. The highest BCUT2D eigenvalue weighted by Gasteiger charge is 2.08. The highest BCUT2D eigenvalue weighted by molar-refractivity contribution is 8.16. The van der Waals surface area contributed by atoms with Gasteiger partial charge in [-0.15, -0.1) is 23.5 Å². The molecule has 0 radical (unpaired) electrons. The fourth-order valence-corrected chi connectivity index (χ4v) is 4.73. The van der Waals surface area contributed by atoms with Gasteiger partial charge in [-0.3, -0.25) is 0 Å². The standard InChI is InChI=1S/C20H30N4S2/c1-5-23(4)15-8-10-19(17(21)12-15)25-14-26-20-11-9-16(13-18(20)22)24(6-2)7-3/h8-13H,5-7,14,21-22H2,1-4H3. The molecule has 0 amide bonds. The first-order valence-electron chi connectivity index (χ1n) is 9.00. The number of hydrogen-bond donors (Lipinski definition) is 2. The van der Waals surface area contributed by atoms with Gasteiger partial charge < -0.3 is 21.3 Å². The minimum atomic E-state index is 0.832. The van der Waals surface area contributed by atoms with Crippen molar-refractivity contribution < 1.29 is 0 Å². The lowest BCUT2D eigenvalue weighted by atomic mass is 10.2. The average molecular weight is 391 g/mol. The van der Waals surface area contributed by atoms with E-state index in [-0.39, 0.29) is 0 Å². The van der Waals surface area contributed by atoms with Crippen LogP contribution in [-0.2, 0) is 0 Å². The molecule has 0 heterocycles. The summed E-state index contributed by atoms with van der Waals surface area (Å²) in [6.45, 7) is 9.39. The van der Waals surface area contributed by atoms with Gasteiger partial charge in [-0.05, 0) is 57.2 Å². The molecular formula is C20H30N4S2. The highest BCUT2D eigenvalue weighted by atomic mass is 32.2. The van der Waals surface area contributed by atoms with Crippen molar-refractivity contribution in [1.82, 2.24) is 0 Å². The zero-order chi connectivity index (χ0) is 19.1. The van der Waals surface area contributed by atoms with Crippen LogP contribution in [0, 0.1) is 0 Å². The molecule has 0 saturated heterocycles. The van der Waals surface area contributed by atoms with E-state index in [0.29, 0.717) is 0 Å². The van der Waals surface area contributed by atoms with E-state index in [1.165, 1.54) is 5.69 Å². The van der Waals surface area contributed by atoms with Crippen LogP contribution >= 0.6 is 23.5 Å². The Hall–Kier alpha value is -1.66. The molecule has 2 rings (SSSR count). The van der Waals surface area contributed by atoms with E-state index in [2.05, 4.69) is 68.0 Å². The summed E-state index contributed by atoms with van der Waals surface area (Å²) in [7, 11) is 2.07. The fraction of sp³-hybridized carbons (Fsp3) is 0.400. The number of nitrogens with zero attached hydrogens (tertiary/aromatic N) is 2. The van der Waals surface area contributed by atoms with E-state index in [1.54, 1.807) is 23.5 Å². The smallest absolute Gasteiger partial charge is 0.0488 e. The quantitative estimate of drug-likeness (QED) is 0.357. The number of benzene rings is 2. The predicted molar refractivity (Wildman–Crippen MR) is 121 cm³/mol. The Labute approximate surface area is 166 Å². The van der Waals surface area contributed by atoms with Gasteiger partial charge in [0.25, 0.3) is 0 Å². The van der Waals surface area contributed by atoms with Gasteiger partial charge in [-0.1, -0.05) is 0 Å². The Morgan fingerprint density at radius 2 is 1.27 bits per heavy atom. The molecule has 0 aliphatic rings. The van der Waals surface area contributed by atoms with E-state index in [0.717, 1.165) is 51.6 Å². The summed E-state index contributed by atoms with van der Waals surface area (Å²) in [6, 6.07) is 12.6. The monoisotopic (exact) mass is 390 g/mol. The third-order valence-corrected chi connectivity index (χ3v) is 6.77. The highest BCUT2D eigenvalue weighted by Crippen LogP contribution is 2.36. The molecule has 2 aromatic rings. The normalized spacial score (nSPS) is 10.8. The van der Waals surface area contributed by atoms with Crippen LogP contribution in [0.4, 0.5) is 22.7 Å². The Bertz CT molecular complexity index is 717. The Kier molecular flexibility index (Phi) is 7.85. The lowest BCUT2D eigenvalue weighted by molar-refractivity contribution is 0.866. The maximum absolute atomic E-state index is 6.26. The van der Waals surface area contributed by atoms with Crippen LogP contribution in [0.1, 0.15) is 20.8 Å². The molecule has 142 valence electrons. The molecule has 0 saturated carbocycles. The van der Waals surface area contributed by atoms with Crippen LogP contribution < -0.4 is 21.3 Å². The molecule has 0 aliphatic heterocycles. The zero-order valence-corrected chi connectivity index (χ0v) is 17.8. The van der Waals surface area contributed by atoms with E-state index < -0.39 is 0 Å². The van der Waals surface area contributed by atoms with Crippen molar-refractivity contribution in [2.45, 2.75) is 30.6 Å². The predicted octanol–water partition coefficient (Wildman–Crippen LogP) is 5.00. The van der Waals surface area contributed by atoms with Crippen LogP contribution in [0.2, 0.25) is 0 Å². The minimum Gasteiger partial charge on any atom is -0.398 e. The molecule has 4 N–H and O–H groups in total. The topological polar surface area (TPSA) is 58.5 Å². The van der Waals surface area contributed by atoms with Crippen LogP contribution in [0.3, 0.4) is 0 Å². The van der Waals surface area contributed by atoms with Gasteiger partial charge >= 0.3 is 0 Å². The van der Waals surface area contributed by atoms with Crippen molar-refractivity contribution in [2.75, 3.05) is 53.0 Å². The molecule has 0 fully saturated rings. The van der Waals surface area contributed by atoms with Crippen LogP contribution in [0.5, 0.6) is 0 Å². The summed E-state index contributed by atoms with van der Waals surface area (Å²) in [5.41, 5.74) is 16.5. The van der Waals surface area contributed by atoms with Crippen molar-refractivity contribution in [2.24, 2.45) is 0 Å². The largest absolute Gasteiger partial charge is 0.398 e. The van der Waals surface area contributed by atoms with Gasteiger partial charge in [-0.25, -0.2) is 0 Å². The van der Waals surface area contributed by atoms with Crippen LogP contribution in [-0.4, -0.2) is 31.8 Å². The summed E-state index contributed by atoms with van der Waals surface area (Å²) in [4.78, 5) is 6.71. The third kappa shape index (κ3) is 5.17. The fourth-order valence-electron chi connectivity index (χ4n) is 2.70. The molecule has 0 atom stereocenters. The van der Waals surface area contributed by atoms with E-state index in [9.17, 15) is 0 Å². The maximum Gasteiger partial charge on any atom is 0.0488 e. The molecule has 6 heteroatoms.